The largest absolute Gasteiger partial charge is 0.478 e. The van der Waals surface area contributed by atoms with Crippen LogP contribution in [0.5, 0.6) is 0 Å². The second-order valence-electron chi connectivity index (χ2n) is 7.32. The molecule has 0 radical (unpaired) electrons. The minimum atomic E-state index is -1.49. The summed E-state index contributed by atoms with van der Waals surface area (Å²) in [5.41, 5.74) is 3.58. The quantitative estimate of drug-likeness (QED) is 0.416. The predicted molar refractivity (Wildman–Crippen MR) is 132 cm³/mol. The van der Waals surface area contributed by atoms with E-state index in [9.17, 15) is 18.9 Å². The number of nitrogens with zero attached hydrogens (tertiary/aromatic N) is 1. The molecule has 4 rings (SSSR count). The summed E-state index contributed by atoms with van der Waals surface area (Å²) in [6, 6.07) is 15.7. The second-order valence-corrected chi connectivity index (χ2v) is 10.5. The summed E-state index contributed by atoms with van der Waals surface area (Å²) in [6.45, 7) is 2.62. The number of aromatic carboxylic acids is 1. The number of carbonyl (C=O) groups is 2. The normalized spacial score (nSPS) is 13.5. The van der Waals surface area contributed by atoms with E-state index < -0.39 is 22.9 Å². The maximum absolute atomic E-state index is 13.4. The van der Waals surface area contributed by atoms with Gasteiger partial charge in [0.05, 0.1) is 27.4 Å². The highest BCUT2D eigenvalue weighted by molar-refractivity contribution is 9.10. The van der Waals surface area contributed by atoms with Gasteiger partial charge in [-0.2, -0.15) is 0 Å². The standard InChI is InChI=1S/C23H18Br2N2O4S/c1-13-2-3-14-8-9-27(21(14)10-13)32(31)16-5-6-19(25)17(12-16)22(28)26-20-7-4-15(24)11-18(20)23(29)30/h2-7,10-12H,8-9H2,1H3,(H,26,28)(H,29,30). The zero-order valence-corrected chi connectivity index (χ0v) is 20.9. The number of fused-ring (bicyclic) bond motifs is 1. The molecule has 164 valence electrons. The molecule has 0 spiro atoms. The highest BCUT2D eigenvalue weighted by atomic mass is 79.9. The SMILES string of the molecule is Cc1ccc2c(c1)N(S(=O)c1ccc(Br)c(C(=O)Nc3ccc(Br)cc3C(=O)O)c1)CC2. The summed E-state index contributed by atoms with van der Waals surface area (Å²) in [4.78, 5) is 25.0. The van der Waals surface area contributed by atoms with E-state index in [1.165, 1.54) is 12.1 Å². The van der Waals surface area contributed by atoms with Crippen molar-refractivity contribution in [2.75, 3.05) is 16.2 Å². The maximum atomic E-state index is 13.4. The molecule has 0 fully saturated rings. The fraction of sp³-hybridized carbons (Fsp3) is 0.130. The molecule has 1 amide bonds. The lowest BCUT2D eigenvalue weighted by Gasteiger charge is -2.19. The number of nitrogens with one attached hydrogen (secondary N) is 1. The van der Waals surface area contributed by atoms with Crippen LogP contribution < -0.4 is 9.62 Å². The molecular weight excluding hydrogens is 560 g/mol. The number of benzene rings is 3. The van der Waals surface area contributed by atoms with Crippen LogP contribution >= 0.6 is 31.9 Å². The summed E-state index contributed by atoms with van der Waals surface area (Å²) in [5.74, 6) is -1.66. The second kappa shape index (κ2) is 9.17. The molecule has 1 heterocycles. The van der Waals surface area contributed by atoms with Crippen molar-refractivity contribution < 1.29 is 18.9 Å². The van der Waals surface area contributed by atoms with Crippen molar-refractivity contribution in [2.24, 2.45) is 0 Å². The molecule has 0 bridgehead atoms. The van der Waals surface area contributed by atoms with Gasteiger partial charge in [0, 0.05) is 15.5 Å². The van der Waals surface area contributed by atoms with Crippen LogP contribution in [0.4, 0.5) is 11.4 Å². The fourth-order valence-electron chi connectivity index (χ4n) is 3.54. The molecule has 0 saturated carbocycles. The Morgan fingerprint density at radius 2 is 1.81 bits per heavy atom. The van der Waals surface area contributed by atoms with Gasteiger partial charge in [-0.05, 0) is 82.9 Å². The molecule has 1 aliphatic rings. The Balaban J connectivity index is 1.63. The number of aryl methyl sites for hydroxylation is 1. The van der Waals surface area contributed by atoms with Crippen molar-refractivity contribution in [3.63, 3.8) is 0 Å². The maximum Gasteiger partial charge on any atom is 0.337 e. The molecule has 2 N–H and O–H groups in total. The third kappa shape index (κ3) is 4.51. The van der Waals surface area contributed by atoms with Crippen molar-refractivity contribution in [2.45, 2.75) is 18.2 Å². The number of carboxylic acid groups (broad SMARTS) is 1. The smallest absolute Gasteiger partial charge is 0.337 e. The number of amides is 1. The minimum absolute atomic E-state index is 0.0346. The van der Waals surface area contributed by atoms with E-state index in [-0.39, 0.29) is 16.8 Å². The Bertz CT molecular complexity index is 1280. The van der Waals surface area contributed by atoms with Crippen LogP contribution in [-0.2, 0) is 17.4 Å². The zero-order valence-electron chi connectivity index (χ0n) is 16.9. The number of halogens is 2. The topological polar surface area (TPSA) is 86.7 Å². The first-order valence-electron chi connectivity index (χ1n) is 9.67. The Hall–Kier alpha value is -2.49. The molecule has 3 aromatic rings. The molecule has 32 heavy (non-hydrogen) atoms. The molecule has 1 unspecified atom stereocenters. The summed E-state index contributed by atoms with van der Waals surface area (Å²) in [5, 5.41) is 12.1. The number of anilines is 2. The van der Waals surface area contributed by atoms with Gasteiger partial charge < -0.3 is 10.4 Å². The number of hydrogen-bond acceptors (Lipinski definition) is 3. The molecule has 0 saturated heterocycles. The summed E-state index contributed by atoms with van der Waals surface area (Å²) >= 11 is 6.61. The molecular formula is C23H18Br2N2O4S. The van der Waals surface area contributed by atoms with Gasteiger partial charge in [-0.1, -0.05) is 28.1 Å². The lowest BCUT2D eigenvalue weighted by atomic mass is 10.1. The Morgan fingerprint density at radius 3 is 2.56 bits per heavy atom. The average Bonchev–Trinajstić information content (AvgIpc) is 3.17. The summed E-state index contributed by atoms with van der Waals surface area (Å²) in [7, 11) is -1.49. The van der Waals surface area contributed by atoms with Crippen LogP contribution in [0.2, 0.25) is 0 Å². The first-order chi connectivity index (χ1) is 15.2. The highest BCUT2D eigenvalue weighted by Crippen LogP contribution is 2.33. The van der Waals surface area contributed by atoms with Crippen molar-refractivity contribution >= 4 is 66.1 Å². The van der Waals surface area contributed by atoms with E-state index in [1.54, 1.807) is 24.3 Å². The fourth-order valence-corrected chi connectivity index (χ4v) is 5.59. The van der Waals surface area contributed by atoms with Crippen LogP contribution in [0.1, 0.15) is 31.8 Å². The molecule has 6 nitrogen and oxygen atoms in total. The van der Waals surface area contributed by atoms with Gasteiger partial charge in [0.15, 0.2) is 11.0 Å². The first kappa shape index (κ1) is 22.7. The lowest BCUT2D eigenvalue weighted by Crippen LogP contribution is -2.24. The van der Waals surface area contributed by atoms with Gasteiger partial charge >= 0.3 is 5.97 Å². The van der Waals surface area contributed by atoms with E-state index in [0.717, 1.165) is 23.2 Å². The van der Waals surface area contributed by atoms with Crippen molar-refractivity contribution in [3.05, 3.63) is 85.8 Å². The van der Waals surface area contributed by atoms with Crippen LogP contribution in [0, 0.1) is 6.92 Å². The first-order valence-corrected chi connectivity index (χ1v) is 12.4. The third-order valence-electron chi connectivity index (χ3n) is 5.14. The Kier molecular flexibility index (Phi) is 6.50. The molecule has 9 heteroatoms. The molecule has 0 aromatic heterocycles. The molecule has 3 aromatic carbocycles. The number of carbonyl (C=O) groups excluding carboxylic acids is 1. The number of rotatable bonds is 5. The predicted octanol–water partition coefficient (Wildman–Crippen LogP) is 5.56. The van der Waals surface area contributed by atoms with Gasteiger partial charge in [-0.3, -0.25) is 9.10 Å². The van der Waals surface area contributed by atoms with Crippen LogP contribution in [0.25, 0.3) is 0 Å². The van der Waals surface area contributed by atoms with Crippen LogP contribution in [0.15, 0.2) is 68.4 Å². The third-order valence-corrected chi connectivity index (χ3v) is 7.76. The monoisotopic (exact) mass is 576 g/mol. The van der Waals surface area contributed by atoms with E-state index >= 15 is 0 Å². The van der Waals surface area contributed by atoms with E-state index in [0.29, 0.717) is 20.4 Å². The highest BCUT2D eigenvalue weighted by Gasteiger charge is 2.26. The lowest BCUT2D eigenvalue weighted by molar-refractivity contribution is 0.0698. The number of carboxylic acids is 1. The summed E-state index contributed by atoms with van der Waals surface area (Å²) in [6.07, 6.45) is 0.812. The Labute approximate surface area is 204 Å². The van der Waals surface area contributed by atoms with E-state index in [2.05, 4.69) is 43.2 Å². The summed E-state index contributed by atoms with van der Waals surface area (Å²) < 4.78 is 16.3. The van der Waals surface area contributed by atoms with Crippen LogP contribution in [0.3, 0.4) is 0 Å². The van der Waals surface area contributed by atoms with Crippen molar-refractivity contribution in [3.8, 4) is 0 Å². The van der Waals surface area contributed by atoms with E-state index in [1.807, 2.05) is 23.4 Å². The van der Waals surface area contributed by atoms with E-state index in [4.69, 9.17) is 0 Å². The van der Waals surface area contributed by atoms with Crippen molar-refractivity contribution in [1.82, 2.24) is 0 Å². The molecule has 1 aliphatic heterocycles. The minimum Gasteiger partial charge on any atom is -0.478 e. The zero-order chi connectivity index (χ0) is 23.0. The molecule has 0 aliphatic carbocycles. The van der Waals surface area contributed by atoms with Gasteiger partial charge in [0.1, 0.15) is 0 Å². The number of hydrogen-bond donors (Lipinski definition) is 2. The Morgan fingerprint density at radius 1 is 1.03 bits per heavy atom. The van der Waals surface area contributed by atoms with Crippen LogP contribution in [-0.4, -0.2) is 27.7 Å². The van der Waals surface area contributed by atoms with Crippen molar-refractivity contribution in [1.29, 1.82) is 0 Å². The van der Waals surface area contributed by atoms with Gasteiger partial charge in [-0.25, -0.2) is 9.00 Å². The average molecular weight is 578 g/mol. The van der Waals surface area contributed by atoms with Gasteiger partial charge in [0.2, 0.25) is 0 Å². The molecule has 1 atom stereocenters. The van der Waals surface area contributed by atoms with Gasteiger partial charge in [0.25, 0.3) is 5.91 Å². The van der Waals surface area contributed by atoms with Gasteiger partial charge in [-0.15, -0.1) is 0 Å².